The number of ether oxygens (including phenoxy) is 2. The first kappa shape index (κ1) is 22.8. The lowest BCUT2D eigenvalue weighted by Crippen LogP contribution is -2.32. The minimum atomic E-state index is -0.603. The molecule has 1 atom stereocenters. The van der Waals surface area contributed by atoms with Gasteiger partial charge in [-0.15, -0.1) is 0 Å². The molecule has 0 spiro atoms. The van der Waals surface area contributed by atoms with Crippen LogP contribution in [0.1, 0.15) is 11.1 Å². The highest BCUT2D eigenvalue weighted by molar-refractivity contribution is 5.43. The number of nitrogens with zero attached hydrogens (tertiary/aromatic N) is 3. The van der Waals surface area contributed by atoms with Crippen molar-refractivity contribution in [3.8, 4) is 11.5 Å². The fourth-order valence-corrected chi connectivity index (χ4v) is 3.36. The lowest BCUT2D eigenvalue weighted by molar-refractivity contribution is 0.0732. The standard InChI is InChI=1S/C24H32N4O3/c1-27(17-20-7-4-3-5-8-20)18-22(29)19-31-24-15-21(9-10-23(24)30-2)16-25-12-14-28-13-6-11-26-28/h3-11,13,15,22,25,29H,12,14,16-19H2,1-2H3. The molecule has 0 aliphatic heterocycles. The van der Waals surface area contributed by atoms with Crippen LogP contribution in [0.4, 0.5) is 0 Å². The Kier molecular flexibility index (Phi) is 8.90. The van der Waals surface area contributed by atoms with E-state index in [0.717, 1.165) is 25.2 Å². The first-order valence-electron chi connectivity index (χ1n) is 10.5. The van der Waals surface area contributed by atoms with Gasteiger partial charge in [0, 0.05) is 38.6 Å². The van der Waals surface area contributed by atoms with E-state index in [1.165, 1.54) is 5.56 Å². The monoisotopic (exact) mass is 424 g/mol. The highest BCUT2D eigenvalue weighted by atomic mass is 16.5. The van der Waals surface area contributed by atoms with Gasteiger partial charge in [-0.3, -0.25) is 9.58 Å². The number of aliphatic hydroxyl groups is 1. The van der Waals surface area contributed by atoms with Gasteiger partial charge in [0.05, 0.1) is 13.7 Å². The Bertz CT molecular complexity index is 887. The summed E-state index contributed by atoms with van der Waals surface area (Å²) in [6.07, 6.45) is 3.12. The third kappa shape index (κ3) is 7.71. The zero-order valence-electron chi connectivity index (χ0n) is 18.3. The Balaban J connectivity index is 1.45. The SMILES string of the molecule is COc1ccc(CNCCn2cccn2)cc1OCC(O)CN(C)Cc1ccccc1. The molecule has 0 saturated carbocycles. The highest BCUT2D eigenvalue weighted by Gasteiger charge is 2.12. The second-order valence-electron chi connectivity index (χ2n) is 7.58. The molecule has 3 aromatic rings. The van der Waals surface area contributed by atoms with Crippen molar-refractivity contribution in [1.82, 2.24) is 20.0 Å². The van der Waals surface area contributed by atoms with Crippen molar-refractivity contribution in [3.63, 3.8) is 0 Å². The Morgan fingerprint density at radius 1 is 1.10 bits per heavy atom. The van der Waals surface area contributed by atoms with Crippen LogP contribution < -0.4 is 14.8 Å². The predicted octanol–water partition coefficient (Wildman–Crippen LogP) is 2.55. The number of rotatable bonds is 13. The summed E-state index contributed by atoms with van der Waals surface area (Å²) in [4.78, 5) is 2.08. The summed E-state index contributed by atoms with van der Waals surface area (Å²) < 4.78 is 13.2. The van der Waals surface area contributed by atoms with E-state index in [1.54, 1.807) is 13.3 Å². The summed E-state index contributed by atoms with van der Waals surface area (Å²) >= 11 is 0. The van der Waals surface area contributed by atoms with Crippen LogP contribution in [-0.4, -0.2) is 59.7 Å². The van der Waals surface area contributed by atoms with E-state index in [0.29, 0.717) is 24.6 Å². The first-order valence-corrected chi connectivity index (χ1v) is 10.5. The normalized spacial score (nSPS) is 12.1. The van der Waals surface area contributed by atoms with E-state index in [2.05, 4.69) is 27.4 Å². The van der Waals surface area contributed by atoms with E-state index in [9.17, 15) is 5.11 Å². The third-order valence-electron chi connectivity index (χ3n) is 4.88. The minimum Gasteiger partial charge on any atom is -0.493 e. The molecule has 0 amide bonds. The number of hydrogen-bond donors (Lipinski definition) is 2. The summed E-state index contributed by atoms with van der Waals surface area (Å²) in [6.45, 7) is 3.84. The number of methoxy groups -OCH3 is 1. The topological polar surface area (TPSA) is 71.8 Å². The maximum absolute atomic E-state index is 10.4. The molecule has 2 aromatic carbocycles. The Morgan fingerprint density at radius 3 is 2.68 bits per heavy atom. The van der Waals surface area contributed by atoms with Crippen molar-refractivity contribution in [2.45, 2.75) is 25.7 Å². The van der Waals surface area contributed by atoms with Gasteiger partial charge < -0.3 is 19.9 Å². The molecule has 0 aliphatic carbocycles. The van der Waals surface area contributed by atoms with Gasteiger partial charge in [0.15, 0.2) is 11.5 Å². The van der Waals surface area contributed by atoms with Crippen LogP contribution in [0, 0.1) is 0 Å². The van der Waals surface area contributed by atoms with Crippen molar-refractivity contribution in [1.29, 1.82) is 0 Å². The molecule has 7 heteroatoms. The average molecular weight is 425 g/mol. The molecule has 31 heavy (non-hydrogen) atoms. The molecule has 0 saturated heterocycles. The summed E-state index contributed by atoms with van der Waals surface area (Å²) in [5.74, 6) is 1.30. The van der Waals surface area contributed by atoms with Crippen molar-refractivity contribution < 1.29 is 14.6 Å². The largest absolute Gasteiger partial charge is 0.493 e. The van der Waals surface area contributed by atoms with Crippen LogP contribution >= 0.6 is 0 Å². The van der Waals surface area contributed by atoms with Gasteiger partial charge in [-0.1, -0.05) is 36.4 Å². The fourth-order valence-electron chi connectivity index (χ4n) is 3.36. The van der Waals surface area contributed by atoms with E-state index in [-0.39, 0.29) is 6.61 Å². The summed E-state index contributed by atoms with van der Waals surface area (Å²) in [7, 11) is 3.61. The van der Waals surface area contributed by atoms with Crippen LogP contribution in [-0.2, 0) is 19.6 Å². The van der Waals surface area contributed by atoms with Gasteiger partial charge in [0.1, 0.15) is 12.7 Å². The number of aliphatic hydroxyl groups excluding tert-OH is 1. The number of aromatic nitrogens is 2. The molecule has 7 nitrogen and oxygen atoms in total. The molecule has 0 aliphatic rings. The van der Waals surface area contributed by atoms with Crippen LogP contribution in [0.15, 0.2) is 67.0 Å². The van der Waals surface area contributed by atoms with E-state index in [4.69, 9.17) is 9.47 Å². The molecule has 0 fully saturated rings. The molecular formula is C24H32N4O3. The van der Waals surface area contributed by atoms with Crippen molar-refractivity contribution >= 4 is 0 Å². The van der Waals surface area contributed by atoms with E-state index in [1.807, 2.05) is 60.4 Å². The molecule has 3 rings (SSSR count). The molecule has 0 bridgehead atoms. The molecule has 2 N–H and O–H groups in total. The van der Waals surface area contributed by atoms with Gasteiger partial charge >= 0.3 is 0 Å². The van der Waals surface area contributed by atoms with Gasteiger partial charge in [-0.05, 0) is 36.4 Å². The maximum atomic E-state index is 10.4. The fraction of sp³-hybridized carbons (Fsp3) is 0.375. The lowest BCUT2D eigenvalue weighted by atomic mass is 10.2. The molecule has 0 radical (unpaired) electrons. The van der Waals surface area contributed by atoms with E-state index >= 15 is 0 Å². The van der Waals surface area contributed by atoms with Crippen LogP contribution in [0.25, 0.3) is 0 Å². The molecular weight excluding hydrogens is 392 g/mol. The summed E-state index contributed by atoms with van der Waals surface area (Å²) in [5, 5.41) is 18.0. The van der Waals surface area contributed by atoms with Crippen molar-refractivity contribution in [2.24, 2.45) is 0 Å². The second kappa shape index (κ2) is 12.1. The molecule has 1 aromatic heterocycles. The summed E-state index contributed by atoms with van der Waals surface area (Å²) in [6, 6.07) is 18.0. The molecule has 1 unspecified atom stereocenters. The quantitative estimate of drug-likeness (QED) is 0.411. The Morgan fingerprint density at radius 2 is 1.94 bits per heavy atom. The van der Waals surface area contributed by atoms with Gasteiger partial charge in [-0.2, -0.15) is 5.10 Å². The lowest BCUT2D eigenvalue weighted by Gasteiger charge is -2.21. The van der Waals surface area contributed by atoms with Crippen molar-refractivity contribution in [2.75, 3.05) is 33.9 Å². The maximum Gasteiger partial charge on any atom is 0.161 e. The van der Waals surface area contributed by atoms with Crippen molar-refractivity contribution in [3.05, 3.63) is 78.1 Å². The molecule has 166 valence electrons. The average Bonchev–Trinajstić information content (AvgIpc) is 3.29. The minimum absolute atomic E-state index is 0.200. The molecule has 1 heterocycles. The van der Waals surface area contributed by atoms with Gasteiger partial charge in [-0.25, -0.2) is 0 Å². The summed E-state index contributed by atoms with van der Waals surface area (Å²) in [5.41, 5.74) is 2.31. The first-order chi connectivity index (χ1) is 15.1. The van der Waals surface area contributed by atoms with Gasteiger partial charge in [0.25, 0.3) is 0 Å². The Labute approximate surface area is 184 Å². The van der Waals surface area contributed by atoms with Crippen LogP contribution in [0.2, 0.25) is 0 Å². The Hall–Kier alpha value is -2.87. The zero-order chi connectivity index (χ0) is 21.9. The number of nitrogens with one attached hydrogen (secondary N) is 1. The van der Waals surface area contributed by atoms with Crippen LogP contribution in [0.3, 0.4) is 0 Å². The third-order valence-corrected chi connectivity index (χ3v) is 4.88. The smallest absolute Gasteiger partial charge is 0.161 e. The number of benzene rings is 2. The zero-order valence-corrected chi connectivity index (χ0v) is 18.3. The van der Waals surface area contributed by atoms with Gasteiger partial charge in [0.2, 0.25) is 0 Å². The van der Waals surface area contributed by atoms with E-state index < -0.39 is 6.10 Å². The second-order valence-corrected chi connectivity index (χ2v) is 7.58. The van der Waals surface area contributed by atoms with Crippen LogP contribution in [0.5, 0.6) is 11.5 Å². The predicted molar refractivity (Wildman–Crippen MR) is 121 cm³/mol. The number of likely N-dealkylation sites (N-methyl/N-ethyl adjacent to an activating group) is 1. The highest BCUT2D eigenvalue weighted by Crippen LogP contribution is 2.28. The number of hydrogen-bond acceptors (Lipinski definition) is 6.